The van der Waals surface area contributed by atoms with Gasteiger partial charge in [0.1, 0.15) is 11.6 Å². The smallest absolute Gasteiger partial charge is 0.371 e. The van der Waals surface area contributed by atoms with Gasteiger partial charge in [0.05, 0.1) is 0 Å². The summed E-state index contributed by atoms with van der Waals surface area (Å²) in [4.78, 5) is 35.2. The second-order valence-corrected chi connectivity index (χ2v) is 6.34. The van der Waals surface area contributed by atoms with Crippen LogP contribution >= 0.6 is 0 Å². The average molecular weight is 325 g/mol. The van der Waals surface area contributed by atoms with Crippen LogP contribution in [0.5, 0.6) is 0 Å². The molecule has 0 aromatic carbocycles. The number of furan rings is 1. The first-order valence-electron chi connectivity index (χ1n) is 7.42. The van der Waals surface area contributed by atoms with Gasteiger partial charge in [0.15, 0.2) is 5.76 Å². The lowest BCUT2D eigenvalue weighted by molar-refractivity contribution is -0.158. The molecule has 7 nitrogen and oxygen atoms in total. The lowest BCUT2D eigenvalue weighted by Gasteiger charge is -2.27. The highest BCUT2D eigenvalue weighted by Crippen LogP contribution is 2.16. The van der Waals surface area contributed by atoms with Crippen LogP contribution in [0.3, 0.4) is 0 Å². The van der Waals surface area contributed by atoms with E-state index in [1.54, 1.807) is 20.8 Å². The topological polar surface area (TPSA) is 106 Å². The fourth-order valence-corrected chi connectivity index (χ4v) is 1.82. The molecule has 23 heavy (non-hydrogen) atoms. The number of rotatable bonds is 6. The fourth-order valence-electron chi connectivity index (χ4n) is 1.82. The summed E-state index contributed by atoms with van der Waals surface area (Å²) in [6.07, 6.45) is 0.655. The molecule has 7 heteroatoms. The summed E-state index contributed by atoms with van der Waals surface area (Å²) >= 11 is 0. The third kappa shape index (κ3) is 5.43. The Morgan fingerprint density at radius 2 is 1.83 bits per heavy atom. The van der Waals surface area contributed by atoms with E-state index in [-0.39, 0.29) is 17.4 Å². The highest BCUT2D eigenvalue weighted by Gasteiger charge is 2.31. The number of amides is 1. The van der Waals surface area contributed by atoms with Gasteiger partial charge in [0.25, 0.3) is 5.91 Å². The van der Waals surface area contributed by atoms with Crippen LogP contribution in [0.1, 0.15) is 62.1 Å². The van der Waals surface area contributed by atoms with E-state index in [9.17, 15) is 14.4 Å². The lowest BCUT2D eigenvalue weighted by Crippen LogP contribution is -2.47. The maximum atomic E-state index is 12.3. The number of carbonyl (C=O) groups excluding carboxylic acids is 2. The second kappa shape index (κ2) is 7.30. The third-order valence-electron chi connectivity index (χ3n) is 3.20. The molecule has 1 amide bonds. The van der Waals surface area contributed by atoms with Crippen molar-refractivity contribution in [3.05, 3.63) is 23.7 Å². The Morgan fingerprint density at radius 1 is 1.26 bits per heavy atom. The molecular formula is C16H23NO6. The molecule has 1 aromatic heterocycles. The van der Waals surface area contributed by atoms with Crippen molar-refractivity contribution in [2.45, 2.75) is 52.7 Å². The zero-order chi connectivity index (χ0) is 17.8. The SMILES string of the molecule is CC[C@H](C)[C@H](NC(=O)c1ccc(C(=O)O)o1)C(=O)OC(C)(C)C. The summed E-state index contributed by atoms with van der Waals surface area (Å²) in [6, 6.07) is 1.59. The van der Waals surface area contributed by atoms with Crippen LogP contribution in [-0.2, 0) is 9.53 Å². The van der Waals surface area contributed by atoms with Gasteiger partial charge in [0.2, 0.25) is 5.76 Å². The molecule has 1 heterocycles. The predicted octanol–water partition coefficient (Wildman–Crippen LogP) is 2.46. The third-order valence-corrected chi connectivity index (χ3v) is 3.20. The van der Waals surface area contributed by atoms with Gasteiger partial charge in [-0.1, -0.05) is 20.3 Å². The number of hydrogen-bond donors (Lipinski definition) is 2. The summed E-state index contributed by atoms with van der Waals surface area (Å²) in [5, 5.41) is 11.4. The van der Waals surface area contributed by atoms with Crippen LogP contribution < -0.4 is 5.32 Å². The fraction of sp³-hybridized carbons (Fsp3) is 0.562. The number of ether oxygens (including phenoxy) is 1. The van der Waals surface area contributed by atoms with E-state index in [2.05, 4.69) is 5.32 Å². The second-order valence-electron chi connectivity index (χ2n) is 6.34. The number of hydrogen-bond acceptors (Lipinski definition) is 5. The predicted molar refractivity (Wildman–Crippen MR) is 82.2 cm³/mol. The van der Waals surface area contributed by atoms with Gasteiger partial charge in [-0.2, -0.15) is 0 Å². The number of aromatic carboxylic acids is 1. The van der Waals surface area contributed by atoms with Crippen molar-refractivity contribution in [2.75, 3.05) is 0 Å². The summed E-state index contributed by atoms with van der Waals surface area (Å²) in [6.45, 7) is 8.94. The van der Waals surface area contributed by atoms with Crippen molar-refractivity contribution < 1.29 is 28.6 Å². The summed E-state index contributed by atoms with van der Waals surface area (Å²) in [5.74, 6) is -3.12. The molecule has 1 aromatic rings. The van der Waals surface area contributed by atoms with E-state index < -0.39 is 29.5 Å². The first-order valence-corrected chi connectivity index (χ1v) is 7.42. The van der Waals surface area contributed by atoms with Crippen molar-refractivity contribution in [1.29, 1.82) is 0 Å². The summed E-state index contributed by atoms with van der Waals surface area (Å²) in [7, 11) is 0. The normalized spacial score (nSPS) is 14.0. The Labute approximate surface area is 135 Å². The van der Waals surface area contributed by atoms with Crippen LogP contribution in [0.4, 0.5) is 0 Å². The average Bonchev–Trinajstić information content (AvgIpc) is 2.91. The molecular weight excluding hydrogens is 302 g/mol. The minimum Gasteiger partial charge on any atom is -0.475 e. The lowest BCUT2D eigenvalue weighted by atomic mass is 9.98. The Bertz CT molecular complexity index is 584. The van der Waals surface area contributed by atoms with Gasteiger partial charge in [-0.3, -0.25) is 4.79 Å². The van der Waals surface area contributed by atoms with Gasteiger partial charge in [-0.15, -0.1) is 0 Å². The highest BCUT2D eigenvalue weighted by atomic mass is 16.6. The molecule has 0 saturated heterocycles. The van der Waals surface area contributed by atoms with Gasteiger partial charge < -0.3 is 19.6 Å². The molecule has 0 fully saturated rings. The minimum atomic E-state index is -1.27. The largest absolute Gasteiger partial charge is 0.475 e. The van der Waals surface area contributed by atoms with Gasteiger partial charge in [-0.05, 0) is 38.8 Å². The number of esters is 1. The monoisotopic (exact) mass is 325 g/mol. The van der Waals surface area contributed by atoms with E-state index in [1.807, 2.05) is 13.8 Å². The maximum absolute atomic E-state index is 12.3. The zero-order valence-electron chi connectivity index (χ0n) is 14.0. The first-order chi connectivity index (χ1) is 10.5. The number of carbonyl (C=O) groups is 3. The summed E-state index contributed by atoms with van der Waals surface area (Å²) in [5.41, 5.74) is -0.672. The maximum Gasteiger partial charge on any atom is 0.371 e. The molecule has 0 saturated carbocycles. The molecule has 0 aliphatic rings. The van der Waals surface area contributed by atoms with Crippen LogP contribution in [0, 0.1) is 5.92 Å². The number of carboxylic acid groups (broad SMARTS) is 1. The van der Waals surface area contributed by atoms with Crippen LogP contribution in [-0.4, -0.2) is 34.6 Å². The van der Waals surface area contributed by atoms with Crippen molar-refractivity contribution in [3.8, 4) is 0 Å². The zero-order valence-corrected chi connectivity index (χ0v) is 14.0. The highest BCUT2D eigenvalue weighted by molar-refractivity contribution is 5.96. The number of carboxylic acids is 1. The van der Waals surface area contributed by atoms with Crippen molar-refractivity contribution in [3.63, 3.8) is 0 Å². The molecule has 0 unspecified atom stereocenters. The quantitative estimate of drug-likeness (QED) is 0.778. The Hall–Kier alpha value is -2.31. The minimum absolute atomic E-state index is 0.150. The Balaban J connectivity index is 2.89. The van der Waals surface area contributed by atoms with Gasteiger partial charge >= 0.3 is 11.9 Å². The number of nitrogens with one attached hydrogen (secondary N) is 1. The Morgan fingerprint density at radius 3 is 2.26 bits per heavy atom. The molecule has 128 valence electrons. The van der Waals surface area contributed by atoms with Crippen LogP contribution in [0.25, 0.3) is 0 Å². The van der Waals surface area contributed by atoms with Gasteiger partial charge in [0, 0.05) is 0 Å². The molecule has 1 rings (SSSR count). The van der Waals surface area contributed by atoms with E-state index in [0.29, 0.717) is 6.42 Å². The van der Waals surface area contributed by atoms with E-state index in [1.165, 1.54) is 12.1 Å². The summed E-state index contributed by atoms with van der Waals surface area (Å²) < 4.78 is 10.3. The van der Waals surface area contributed by atoms with Crippen molar-refractivity contribution in [2.24, 2.45) is 5.92 Å². The van der Waals surface area contributed by atoms with E-state index in [0.717, 1.165) is 0 Å². The molecule has 0 spiro atoms. The standard InChI is InChI=1S/C16H23NO6/c1-6-9(2)12(15(21)23-16(3,4)5)17-13(18)10-7-8-11(22-10)14(19)20/h7-9,12H,6H2,1-5H3,(H,17,18)(H,19,20)/t9-,12-/m0/s1. The first kappa shape index (κ1) is 18.7. The molecule has 0 aliphatic carbocycles. The van der Waals surface area contributed by atoms with E-state index in [4.69, 9.17) is 14.3 Å². The molecule has 2 N–H and O–H groups in total. The molecule has 2 atom stereocenters. The van der Waals surface area contributed by atoms with Crippen LogP contribution in [0.15, 0.2) is 16.5 Å². The van der Waals surface area contributed by atoms with Crippen molar-refractivity contribution >= 4 is 17.8 Å². The molecule has 0 aliphatic heterocycles. The molecule has 0 bridgehead atoms. The van der Waals surface area contributed by atoms with E-state index >= 15 is 0 Å². The van der Waals surface area contributed by atoms with Gasteiger partial charge in [-0.25, -0.2) is 9.59 Å². The van der Waals surface area contributed by atoms with Crippen molar-refractivity contribution in [1.82, 2.24) is 5.32 Å². The molecule has 0 radical (unpaired) electrons. The van der Waals surface area contributed by atoms with Crippen LogP contribution in [0.2, 0.25) is 0 Å². The Kier molecular flexibility index (Phi) is 5.95.